The van der Waals surface area contributed by atoms with Gasteiger partial charge in [0, 0.05) is 19.1 Å². The van der Waals surface area contributed by atoms with E-state index in [1.54, 1.807) is 6.26 Å². The molecule has 0 radical (unpaired) electrons. The van der Waals surface area contributed by atoms with E-state index in [1.807, 2.05) is 19.4 Å². The third-order valence-electron chi connectivity index (χ3n) is 3.57. The minimum Gasteiger partial charge on any atom is -0.472 e. The van der Waals surface area contributed by atoms with Gasteiger partial charge in [0.2, 0.25) is 0 Å². The Morgan fingerprint density at radius 3 is 3.11 bits per heavy atom. The molecule has 1 aromatic heterocycles. The minimum absolute atomic E-state index is 0.269. The van der Waals surface area contributed by atoms with E-state index in [0.717, 1.165) is 26.1 Å². The number of hydrogen-bond donors (Lipinski definition) is 1. The van der Waals surface area contributed by atoms with Crippen LogP contribution in [0.25, 0.3) is 0 Å². The normalized spacial score (nSPS) is 23.1. The smallest absolute Gasteiger partial charge is 0.0935 e. The van der Waals surface area contributed by atoms with Crippen LogP contribution in [0.2, 0.25) is 0 Å². The average Bonchev–Trinajstić information content (AvgIpc) is 2.89. The maximum absolute atomic E-state index is 5.92. The van der Waals surface area contributed by atoms with Gasteiger partial charge < -0.3 is 14.5 Å². The van der Waals surface area contributed by atoms with Crippen LogP contribution in [-0.2, 0) is 11.2 Å². The molecule has 0 amide bonds. The molecule has 2 unspecified atom stereocenters. The summed E-state index contributed by atoms with van der Waals surface area (Å²) in [6.07, 6.45) is 5.98. The van der Waals surface area contributed by atoms with Crippen molar-refractivity contribution in [3.05, 3.63) is 24.2 Å². The number of nitrogens with zero attached hydrogens (tertiary/aromatic N) is 1. The van der Waals surface area contributed by atoms with E-state index in [9.17, 15) is 0 Å². The Morgan fingerprint density at radius 2 is 2.44 bits per heavy atom. The Labute approximate surface area is 109 Å². The largest absolute Gasteiger partial charge is 0.472 e. The number of likely N-dealkylation sites (N-methyl/N-ethyl adjacent to an activating group) is 1. The second kappa shape index (κ2) is 6.92. The van der Waals surface area contributed by atoms with Crippen molar-refractivity contribution in [3.8, 4) is 0 Å². The van der Waals surface area contributed by atoms with Gasteiger partial charge in [-0.05, 0) is 38.1 Å². The summed E-state index contributed by atoms with van der Waals surface area (Å²) in [5.41, 5.74) is 1.23. The van der Waals surface area contributed by atoms with Crippen LogP contribution in [0.1, 0.15) is 18.9 Å². The molecule has 2 heterocycles. The highest BCUT2D eigenvalue weighted by atomic mass is 16.5. The molecule has 1 N–H and O–H groups in total. The molecule has 4 heteroatoms. The van der Waals surface area contributed by atoms with E-state index in [4.69, 9.17) is 9.15 Å². The van der Waals surface area contributed by atoms with Gasteiger partial charge >= 0.3 is 0 Å². The van der Waals surface area contributed by atoms with Crippen molar-refractivity contribution in [1.82, 2.24) is 10.2 Å². The average molecular weight is 252 g/mol. The monoisotopic (exact) mass is 252 g/mol. The van der Waals surface area contributed by atoms with E-state index in [2.05, 4.69) is 17.1 Å². The van der Waals surface area contributed by atoms with Crippen LogP contribution in [0.3, 0.4) is 0 Å². The van der Waals surface area contributed by atoms with Crippen LogP contribution in [0, 0.1) is 0 Å². The van der Waals surface area contributed by atoms with E-state index in [1.165, 1.54) is 18.5 Å². The molecule has 0 bridgehead atoms. The summed E-state index contributed by atoms with van der Waals surface area (Å²) in [4.78, 5) is 2.49. The van der Waals surface area contributed by atoms with E-state index in [0.29, 0.717) is 6.04 Å². The van der Waals surface area contributed by atoms with Gasteiger partial charge in [-0.3, -0.25) is 4.90 Å². The Bertz CT molecular complexity index is 325. The Morgan fingerprint density at radius 1 is 1.56 bits per heavy atom. The predicted molar refractivity (Wildman–Crippen MR) is 71.7 cm³/mol. The number of nitrogens with one attached hydrogen (secondary N) is 1. The van der Waals surface area contributed by atoms with Crippen molar-refractivity contribution in [2.45, 2.75) is 31.9 Å². The van der Waals surface area contributed by atoms with Crippen LogP contribution >= 0.6 is 0 Å². The Balaban J connectivity index is 1.90. The van der Waals surface area contributed by atoms with Crippen LogP contribution in [0.15, 0.2) is 23.0 Å². The van der Waals surface area contributed by atoms with E-state index in [-0.39, 0.29) is 6.10 Å². The summed E-state index contributed by atoms with van der Waals surface area (Å²) in [5.74, 6) is 0. The van der Waals surface area contributed by atoms with Gasteiger partial charge in [0.25, 0.3) is 0 Å². The molecule has 18 heavy (non-hydrogen) atoms. The van der Waals surface area contributed by atoms with Gasteiger partial charge in [-0.25, -0.2) is 0 Å². The van der Waals surface area contributed by atoms with Crippen molar-refractivity contribution >= 4 is 0 Å². The fourth-order valence-corrected chi connectivity index (χ4v) is 2.58. The highest BCUT2D eigenvalue weighted by Crippen LogP contribution is 2.14. The fourth-order valence-electron chi connectivity index (χ4n) is 2.58. The number of morpholine rings is 1. The van der Waals surface area contributed by atoms with Crippen LogP contribution < -0.4 is 5.32 Å². The second-order valence-corrected chi connectivity index (χ2v) is 4.94. The Kier molecular flexibility index (Phi) is 5.23. The van der Waals surface area contributed by atoms with Gasteiger partial charge in [-0.1, -0.05) is 6.92 Å². The molecule has 0 saturated carbocycles. The molecule has 0 aromatic carbocycles. The topological polar surface area (TPSA) is 37.6 Å². The lowest BCUT2D eigenvalue weighted by molar-refractivity contribution is -0.0450. The molecular formula is C14H24N2O2. The van der Waals surface area contributed by atoms with Crippen molar-refractivity contribution in [2.75, 3.05) is 33.3 Å². The molecule has 102 valence electrons. The van der Waals surface area contributed by atoms with Crippen molar-refractivity contribution in [2.24, 2.45) is 0 Å². The van der Waals surface area contributed by atoms with E-state index < -0.39 is 0 Å². The zero-order valence-corrected chi connectivity index (χ0v) is 11.4. The lowest BCUT2D eigenvalue weighted by atomic mass is 10.0. The lowest BCUT2D eigenvalue weighted by Crippen LogP contribution is -2.52. The number of furan rings is 1. The first kappa shape index (κ1) is 13.6. The van der Waals surface area contributed by atoms with Gasteiger partial charge in [-0.15, -0.1) is 0 Å². The van der Waals surface area contributed by atoms with Crippen LogP contribution in [0.4, 0.5) is 0 Å². The summed E-state index contributed by atoms with van der Waals surface area (Å²) in [5, 5.41) is 3.38. The molecular weight excluding hydrogens is 228 g/mol. The number of hydrogen-bond acceptors (Lipinski definition) is 4. The van der Waals surface area contributed by atoms with Crippen LogP contribution in [-0.4, -0.2) is 50.3 Å². The molecule has 1 aliphatic heterocycles. The third-order valence-corrected chi connectivity index (χ3v) is 3.57. The SMILES string of the molecule is CCCN1CCOC(C(Cc2ccoc2)NC)C1. The highest BCUT2D eigenvalue weighted by Gasteiger charge is 2.27. The Hall–Kier alpha value is -0.840. The molecule has 4 nitrogen and oxygen atoms in total. The van der Waals surface area contributed by atoms with Crippen molar-refractivity contribution in [1.29, 1.82) is 0 Å². The predicted octanol–water partition coefficient (Wildman–Crippen LogP) is 1.52. The highest BCUT2D eigenvalue weighted by molar-refractivity contribution is 5.08. The van der Waals surface area contributed by atoms with Gasteiger partial charge in [0.1, 0.15) is 0 Å². The third kappa shape index (κ3) is 3.57. The molecule has 0 aliphatic carbocycles. The summed E-state index contributed by atoms with van der Waals surface area (Å²) in [6.45, 7) is 6.32. The maximum atomic E-state index is 5.92. The number of rotatable bonds is 6. The summed E-state index contributed by atoms with van der Waals surface area (Å²) < 4.78 is 11.0. The molecule has 1 aromatic rings. The van der Waals surface area contributed by atoms with Gasteiger partial charge in [-0.2, -0.15) is 0 Å². The zero-order valence-electron chi connectivity index (χ0n) is 11.4. The molecule has 2 rings (SSSR count). The quantitative estimate of drug-likeness (QED) is 0.833. The number of ether oxygens (including phenoxy) is 1. The van der Waals surface area contributed by atoms with Crippen molar-refractivity contribution in [3.63, 3.8) is 0 Å². The first-order chi connectivity index (χ1) is 8.83. The molecule has 1 fully saturated rings. The minimum atomic E-state index is 0.269. The maximum Gasteiger partial charge on any atom is 0.0935 e. The standard InChI is InChI=1S/C14H24N2O2/c1-3-5-16-6-8-18-14(10-16)13(15-2)9-12-4-7-17-11-12/h4,7,11,13-15H,3,5-6,8-10H2,1-2H3. The summed E-state index contributed by atoms with van der Waals surface area (Å²) in [6, 6.07) is 2.37. The molecule has 1 aliphatic rings. The molecule has 2 atom stereocenters. The fraction of sp³-hybridized carbons (Fsp3) is 0.714. The van der Waals surface area contributed by atoms with Crippen LogP contribution in [0.5, 0.6) is 0 Å². The summed E-state index contributed by atoms with van der Waals surface area (Å²) in [7, 11) is 2.01. The van der Waals surface area contributed by atoms with Crippen molar-refractivity contribution < 1.29 is 9.15 Å². The lowest BCUT2D eigenvalue weighted by Gasteiger charge is -2.36. The first-order valence-electron chi connectivity index (χ1n) is 6.85. The molecule has 0 spiro atoms. The van der Waals surface area contributed by atoms with Gasteiger partial charge in [0.15, 0.2) is 0 Å². The van der Waals surface area contributed by atoms with E-state index >= 15 is 0 Å². The summed E-state index contributed by atoms with van der Waals surface area (Å²) >= 11 is 0. The molecule has 1 saturated heterocycles. The zero-order chi connectivity index (χ0) is 12.8. The second-order valence-electron chi connectivity index (χ2n) is 4.94. The first-order valence-corrected chi connectivity index (χ1v) is 6.85. The van der Waals surface area contributed by atoms with Gasteiger partial charge in [0.05, 0.1) is 25.2 Å².